The summed E-state index contributed by atoms with van der Waals surface area (Å²) in [6.07, 6.45) is 4.28. The lowest BCUT2D eigenvalue weighted by molar-refractivity contribution is 0.171. The van der Waals surface area contributed by atoms with Gasteiger partial charge >= 0.3 is 0 Å². The second-order valence-electron chi connectivity index (χ2n) is 4.69. The minimum atomic E-state index is 0.612. The largest absolute Gasteiger partial charge is 0.486 e. The molecule has 1 aromatic heterocycles. The lowest BCUT2D eigenvalue weighted by Crippen LogP contribution is -2.15. The van der Waals surface area contributed by atoms with Gasteiger partial charge in [-0.2, -0.15) is 0 Å². The highest BCUT2D eigenvalue weighted by Gasteiger charge is 2.11. The molecule has 0 bridgehead atoms. The van der Waals surface area contributed by atoms with E-state index in [1.165, 1.54) is 5.56 Å². The Morgan fingerprint density at radius 3 is 2.76 bits per heavy atom. The van der Waals surface area contributed by atoms with Crippen molar-refractivity contribution in [2.45, 2.75) is 6.42 Å². The highest BCUT2D eigenvalue weighted by molar-refractivity contribution is 5.44. The Morgan fingerprint density at radius 1 is 1.10 bits per heavy atom. The summed E-state index contributed by atoms with van der Waals surface area (Å²) in [5.74, 6) is 3.17. The molecule has 6 nitrogen and oxygen atoms in total. The second-order valence-corrected chi connectivity index (χ2v) is 4.69. The zero-order valence-corrected chi connectivity index (χ0v) is 11.9. The molecule has 0 aliphatic carbocycles. The fourth-order valence-electron chi connectivity index (χ4n) is 2.15. The molecule has 0 spiro atoms. The van der Waals surface area contributed by atoms with Gasteiger partial charge < -0.3 is 20.1 Å². The standard InChI is InChI=1S/C15H18N4O2/c1-16-14-9-17-10-15(19-14)18-5-4-11-2-3-12-13(8-11)21-7-6-20-12/h2-3,8-10H,4-7H2,1H3,(H2,16,18,19). The molecule has 0 atom stereocenters. The molecule has 0 radical (unpaired) electrons. The van der Waals surface area contributed by atoms with Crippen molar-refractivity contribution < 1.29 is 9.47 Å². The molecular formula is C15H18N4O2. The molecule has 6 heteroatoms. The van der Waals surface area contributed by atoms with Crippen LogP contribution in [0.4, 0.5) is 11.6 Å². The molecule has 2 aromatic rings. The SMILES string of the molecule is CNc1cncc(NCCc2ccc3c(c2)OCCO3)n1. The van der Waals surface area contributed by atoms with Crippen LogP contribution >= 0.6 is 0 Å². The van der Waals surface area contributed by atoms with E-state index < -0.39 is 0 Å². The first-order valence-corrected chi connectivity index (χ1v) is 6.97. The van der Waals surface area contributed by atoms with E-state index in [1.807, 2.05) is 19.2 Å². The van der Waals surface area contributed by atoms with Gasteiger partial charge in [0, 0.05) is 13.6 Å². The number of aromatic nitrogens is 2. The maximum absolute atomic E-state index is 5.58. The predicted octanol–water partition coefficient (Wildman–Crippen LogP) is 1.94. The Morgan fingerprint density at radius 2 is 1.90 bits per heavy atom. The second kappa shape index (κ2) is 6.30. The van der Waals surface area contributed by atoms with Crippen LogP contribution in [-0.2, 0) is 6.42 Å². The molecule has 0 amide bonds. The molecule has 0 unspecified atom stereocenters. The van der Waals surface area contributed by atoms with E-state index in [2.05, 4.69) is 26.7 Å². The van der Waals surface area contributed by atoms with Gasteiger partial charge in [0.25, 0.3) is 0 Å². The number of anilines is 2. The Hall–Kier alpha value is -2.50. The first-order valence-electron chi connectivity index (χ1n) is 6.97. The van der Waals surface area contributed by atoms with Gasteiger partial charge in [0.2, 0.25) is 0 Å². The number of fused-ring (bicyclic) bond motifs is 1. The van der Waals surface area contributed by atoms with Crippen LogP contribution < -0.4 is 20.1 Å². The number of ether oxygens (including phenoxy) is 2. The summed E-state index contributed by atoms with van der Waals surface area (Å²) in [5, 5.41) is 6.23. The van der Waals surface area contributed by atoms with Crippen molar-refractivity contribution in [3.63, 3.8) is 0 Å². The van der Waals surface area contributed by atoms with Crippen molar-refractivity contribution in [2.75, 3.05) is 37.4 Å². The molecule has 0 fully saturated rings. The van der Waals surface area contributed by atoms with Crippen molar-refractivity contribution in [2.24, 2.45) is 0 Å². The summed E-state index contributed by atoms with van der Waals surface area (Å²) in [4.78, 5) is 8.48. The smallest absolute Gasteiger partial charge is 0.161 e. The number of rotatable bonds is 5. The summed E-state index contributed by atoms with van der Waals surface area (Å²) < 4.78 is 11.1. The van der Waals surface area contributed by atoms with Gasteiger partial charge in [-0.25, -0.2) is 4.98 Å². The lowest BCUT2D eigenvalue weighted by Gasteiger charge is -2.18. The van der Waals surface area contributed by atoms with Crippen LogP contribution in [-0.4, -0.2) is 36.8 Å². The van der Waals surface area contributed by atoms with Crippen molar-refractivity contribution in [3.05, 3.63) is 36.2 Å². The van der Waals surface area contributed by atoms with E-state index in [1.54, 1.807) is 12.4 Å². The normalized spacial score (nSPS) is 12.8. The topological polar surface area (TPSA) is 68.3 Å². The summed E-state index contributed by atoms with van der Waals surface area (Å²) in [7, 11) is 1.82. The van der Waals surface area contributed by atoms with Crippen LogP contribution in [0.15, 0.2) is 30.6 Å². The van der Waals surface area contributed by atoms with Crippen molar-refractivity contribution in [3.8, 4) is 11.5 Å². The van der Waals surface area contributed by atoms with Gasteiger partial charge in [-0.05, 0) is 24.1 Å². The molecule has 1 aliphatic rings. The average Bonchev–Trinajstić information content (AvgIpc) is 2.55. The Balaban J connectivity index is 1.57. The molecule has 0 saturated heterocycles. The molecule has 1 aliphatic heterocycles. The van der Waals surface area contributed by atoms with Crippen molar-refractivity contribution in [1.82, 2.24) is 9.97 Å². The van der Waals surface area contributed by atoms with Crippen LogP contribution in [0.25, 0.3) is 0 Å². The monoisotopic (exact) mass is 286 g/mol. The Labute approximate surface area is 123 Å². The zero-order chi connectivity index (χ0) is 14.5. The van der Waals surface area contributed by atoms with Gasteiger partial charge in [0.1, 0.15) is 24.8 Å². The molecule has 0 saturated carbocycles. The number of hydrogen-bond donors (Lipinski definition) is 2. The molecule has 2 heterocycles. The van der Waals surface area contributed by atoms with E-state index in [9.17, 15) is 0 Å². The fraction of sp³-hybridized carbons (Fsp3) is 0.333. The molecule has 1 aromatic carbocycles. The fourth-order valence-corrected chi connectivity index (χ4v) is 2.15. The summed E-state index contributed by atoms with van der Waals surface area (Å²) in [6.45, 7) is 2.01. The maximum Gasteiger partial charge on any atom is 0.161 e. The third kappa shape index (κ3) is 3.34. The highest BCUT2D eigenvalue weighted by atomic mass is 16.6. The zero-order valence-electron chi connectivity index (χ0n) is 11.9. The lowest BCUT2D eigenvalue weighted by atomic mass is 10.1. The van der Waals surface area contributed by atoms with Crippen molar-refractivity contribution >= 4 is 11.6 Å². The van der Waals surface area contributed by atoms with Crippen molar-refractivity contribution in [1.29, 1.82) is 0 Å². The summed E-state index contributed by atoms with van der Waals surface area (Å²) in [6, 6.07) is 6.06. The van der Waals surface area contributed by atoms with Crippen LogP contribution in [0.2, 0.25) is 0 Å². The van der Waals surface area contributed by atoms with Gasteiger partial charge in [0.05, 0.1) is 12.4 Å². The van der Waals surface area contributed by atoms with Gasteiger partial charge in [-0.15, -0.1) is 0 Å². The van der Waals surface area contributed by atoms with E-state index >= 15 is 0 Å². The van der Waals surface area contributed by atoms with Gasteiger partial charge in [-0.3, -0.25) is 4.98 Å². The van der Waals surface area contributed by atoms with Crippen LogP contribution in [0.3, 0.4) is 0 Å². The number of benzene rings is 1. The minimum Gasteiger partial charge on any atom is -0.486 e. The first kappa shape index (κ1) is 13.5. The highest BCUT2D eigenvalue weighted by Crippen LogP contribution is 2.30. The summed E-state index contributed by atoms with van der Waals surface area (Å²) >= 11 is 0. The average molecular weight is 286 g/mol. The maximum atomic E-state index is 5.58. The summed E-state index contributed by atoms with van der Waals surface area (Å²) in [5.41, 5.74) is 1.20. The van der Waals surface area contributed by atoms with Crippen LogP contribution in [0, 0.1) is 0 Å². The molecule has 110 valence electrons. The quantitative estimate of drug-likeness (QED) is 0.875. The molecular weight excluding hydrogens is 268 g/mol. The first-order chi connectivity index (χ1) is 10.3. The van der Waals surface area contributed by atoms with Crippen LogP contribution in [0.1, 0.15) is 5.56 Å². The molecule has 21 heavy (non-hydrogen) atoms. The molecule has 2 N–H and O–H groups in total. The third-order valence-electron chi connectivity index (χ3n) is 3.22. The van der Waals surface area contributed by atoms with E-state index in [-0.39, 0.29) is 0 Å². The van der Waals surface area contributed by atoms with E-state index in [0.717, 1.165) is 36.1 Å². The Kier molecular flexibility index (Phi) is 4.04. The number of nitrogens with one attached hydrogen (secondary N) is 2. The van der Waals surface area contributed by atoms with Gasteiger partial charge in [0.15, 0.2) is 11.5 Å². The minimum absolute atomic E-state index is 0.612. The van der Waals surface area contributed by atoms with Gasteiger partial charge in [-0.1, -0.05) is 6.07 Å². The van der Waals surface area contributed by atoms with E-state index in [4.69, 9.17) is 9.47 Å². The number of hydrogen-bond acceptors (Lipinski definition) is 6. The number of nitrogens with zero attached hydrogens (tertiary/aromatic N) is 2. The predicted molar refractivity (Wildman–Crippen MR) is 81.2 cm³/mol. The third-order valence-corrected chi connectivity index (χ3v) is 3.22. The molecule has 3 rings (SSSR count). The van der Waals surface area contributed by atoms with Crippen LogP contribution in [0.5, 0.6) is 11.5 Å². The Bertz CT molecular complexity index is 618. The van der Waals surface area contributed by atoms with E-state index in [0.29, 0.717) is 13.2 Å².